The summed E-state index contributed by atoms with van der Waals surface area (Å²) in [6, 6.07) is 17.7. The molecular weight excluding hydrogens is 412 g/mol. The molecule has 2 aromatic carbocycles. The summed E-state index contributed by atoms with van der Waals surface area (Å²) >= 11 is 0. The SMILES string of the molecule is CS(=O)(=O)N[C@H]1CCN(C(=O)OC2CCCC2)[C@H]1Cc1cccc(-c2ccccc2)c1. The van der Waals surface area contributed by atoms with Crippen LogP contribution >= 0.6 is 0 Å². The zero-order valence-corrected chi connectivity index (χ0v) is 18.7. The lowest BCUT2D eigenvalue weighted by Crippen LogP contribution is -2.48. The van der Waals surface area contributed by atoms with Crippen molar-refractivity contribution >= 4 is 16.1 Å². The molecule has 1 saturated carbocycles. The van der Waals surface area contributed by atoms with Crippen molar-refractivity contribution in [3.63, 3.8) is 0 Å². The Morgan fingerprint density at radius 1 is 1.03 bits per heavy atom. The van der Waals surface area contributed by atoms with Crippen molar-refractivity contribution in [1.29, 1.82) is 0 Å². The third-order valence-corrected chi connectivity index (χ3v) is 6.93. The number of nitrogens with zero attached hydrogens (tertiary/aromatic N) is 1. The van der Waals surface area contributed by atoms with Gasteiger partial charge < -0.3 is 9.64 Å². The van der Waals surface area contributed by atoms with E-state index in [0.717, 1.165) is 42.4 Å². The van der Waals surface area contributed by atoms with Gasteiger partial charge in [-0.2, -0.15) is 0 Å². The minimum Gasteiger partial charge on any atom is -0.446 e. The van der Waals surface area contributed by atoms with Crippen LogP contribution in [0.15, 0.2) is 54.6 Å². The smallest absolute Gasteiger partial charge is 0.410 e. The third-order valence-electron chi connectivity index (χ3n) is 6.19. The molecule has 2 fully saturated rings. The van der Waals surface area contributed by atoms with Crippen LogP contribution < -0.4 is 4.72 Å². The minimum atomic E-state index is -3.38. The van der Waals surface area contributed by atoms with Gasteiger partial charge in [0.1, 0.15) is 6.10 Å². The van der Waals surface area contributed by atoms with E-state index in [9.17, 15) is 13.2 Å². The van der Waals surface area contributed by atoms with Crippen molar-refractivity contribution in [3.05, 3.63) is 60.2 Å². The molecule has 1 heterocycles. The second-order valence-electron chi connectivity index (χ2n) is 8.61. The van der Waals surface area contributed by atoms with E-state index in [0.29, 0.717) is 19.4 Å². The monoisotopic (exact) mass is 442 g/mol. The summed E-state index contributed by atoms with van der Waals surface area (Å²) in [7, 11) is -3.38. The van der Waals surface area contributed by atoms with Crippen molar-refractivity contribution < 1.29 is 17.9 Å². The lowest BCUT2D eigenvalue weighted by atomic mass is 9.97. The highest BCUT2D eigenvalue weighted by Gasteiger charge is 2.40. The molecule has 1 saturated heterocycles. The Labute approximate surface area is 184 Å². The topological polar surface area (TPSA) is 75.7 Å². The molecule has 0 spiro atoms. The van der Waals surface area contributed by atoms with Crippen LogP contribution in [0.4, 0.5) is 4.79 Å². The standard InChI is InChI=1S/C24H30N2O4S/c1-31(28,29)25-22-14-15-26(24(27)30-21-12-5-6-13-21)23(22)17-18-8-7-11-20(16-18)19-9-3-2-4-10-19/h2-4,7-11,16,21-23,25H,5-6,12-15,17H2,1H3/t22-,23-/m0/s1. The van der Waals surface area contributed by atoms with Crippen molar-refractivity contribution in [3.8, 4) is 11.1 Å². The van der Waals surface area contributed by atoms with Crippen molar-refractivity contribution in [2.24, 2.45) is 0 Å². The number of rotatable bonds is 6. The van der Waals surface area contributed by atoms with Gasteiger partial charge in [0.05, 0.1) is 12.3 Å². The van der Waals surface area contributed by atoms with Gasteiger partial charge in [-0.3, -0.25) is 0 Å². The Balaban J connectivity index is 1.55. The van der Waals surface area contributed by atoms with Crippen LogP contribution in [0.1, 0.15) is 37.7 Å². The third kappa shape index (κ3) is 5.66. The first kappa shape index (κ1) is 21.8. The van der Waals surface area contributed by atoms with E-state index in [1.165, 1.54) is 6.26 Å². The number of amides is 1. The van der Waals surface area contributed by atoms with Crippen LogP contribution in [0.25, 0.3) is 11.1 Å². The summed E-state index contributed by atoms with van der Waals surface area (Å²) in [5, 5.41) is 0. The number of sulfonamides is 1. The molecule has 166 valence electrons. The molecule has 7 heteroatoms. The Kier molecular flexibility index (Phi) is 6.62. The number of hydrogen-bond acceptors (Lipinski definition) is 4. The van der Waals surface area contributed by atoms with E-state index in [2.05, 4.69) is 29.0 Å². The van der Waals surface area contributed by atoms with Crippen LogP contribution in [0.3, 0.4) is 0 Å². The van der Waals surface area contributed by atoms with E-state index in [-0.39, 0.29) is 24.3 Å². The number of carbonyl (C=O) groups excluding carboxylic acids is 1. The Hall–Kier alpha value is -2.38. The number of likely N-dealkylation sites (tertiary alicyclic amines) is 1. The minimum absolute atomic E-state index is 0.0172. The normalized spacial score (nSPS) is 22.0. The summed E-state index contributed by atoms with van der Waals surface area (Å²) < 4.78 is 32.3. The van der Waals surface area contributed by atoms with E-state index < -0.39 is 10.0 Å². The van der Waals surface area contributed by atoms with Gasteiger partial charge in [-0.25, -0.2) is 17.9 Å². The molecule has 31 heavy (non-hydrogen) atoms. The maximum absolute atomic E-state index is 12.9. The molecule has 6 nitrogen and oxygen atoms in total. The maximum atomic E-state index is 12.9. The molecule has 0 unspecified atom stereocenters. The van der Waals surface area contributed by atoms with Crippen LogP contribution in [0.5, 0.6) is 0 Å². The molecule has 2 atom stereocenters. The second kappa shape index (κ2) is 9.40. The zero-order valence-electron chi connectivity index (χ0n) is 17.9. The number of benzene rings is 2. The molecule has 1 aliphatic carbocycles. The van der Waals surface area contributed by atoms with Gasteiger partial charge in [-0.05, 0) is 55.2 Å². The van der Waals surface area contributed by atoms with Crippen LogP contribution in [-0.2, 0) is 21.2 Å². The number of carbonyl (C=O) groups is 1. The fourth-order valence-corrected chi connectivity index (χ4v) is 5.54. The average molecular weight is 443 g/mol. The molecule has 4 rings (SSSR count). The van der Waals surface area contributed by atoms with E-state index in [1.54, 1.807) is 4.90 Å². The van der Waals surface area contributed by atoms with E-state index in [1.807, 2.05) is 30.3 Å². The molecule has 0 radical (unpaired) electrons. The first-order valence-electron chi connectivity index (χ1n) is 11.0. The molecule has 1 N–H and O–H groups in total. The Bertz CT molecular complexity index is 1000. The highest BCUT2D eigenvalue weighted by atomic mass is 32.2. The lowest BCUT2D eigenvalue weighted by molar-refractivity contribution is 0.0609. The van der Waals surface area contributed by atoms with Crippen LogP contribution in [-0.4, -0.2) is 50.4 Å². The highest BCUT2D eigenvalue weighted by Crippen LogP contribution is 2.28. The molecule has 1 aliphatic heterocycles. The quantitative estimate of drug-likeness (QED) is 0.735. The maximum Gasteiger partial charge on any atom is 0.410 e. The van der Waals surface area contributed by atoms with Gasteiger partial charge in [0.15, 0.2) is 0 Å². The fourth-order valence-electron chi connectivity index (χ4n) is 4.71. The fraction of sp³-hybridized carbons (Fsp3) is 0.458. The van der Waals surface area contributed by atoms with Crippen LogP contribution in [0, 0.1) is 0 Å². The molecule has 2 aliphatic rings. The highest BCUT2D eigenvalue weighted by molar-refractivity contribution is 7.88. The van der Waals surface area contributed by atoms with Crippen LogP contribution in [0.2, 0.25) is 0 Å². The van der Waals surface area contributed by atoms with E-state index >= 15 is 0 Å². The summed E-state index contributed by atoms with van der Waals surface area (Å²) in [4.78, 5) is 14.6. The molecule has 1 amide bonds. The predicted molar refractivity (Wildman–Crippen MR) is 121 cm³/mol. The first-order valence-corrected chi connectivity index (χ1v) is 12.9. The van der Waals surface area contributed by atoms with Crippen molar-refractivity contribution in [2.75, 3.05) is 12.8 Å². The molecule has 0 bridgehead atoms. The van der Waals surface area contributed by atoms with Crippen molar-refractivity contribution in [1.82, 2.24) is 9.62 Å². The summed E-state index contributed by atoms with van der Waals surface area (Å²) in [6.45, 7) is 0.488. The van der Waals surface area contributed by atoms with E-state index in [4.69, 9.17) is 4.74 Å². The second-order valence-corrected chi connectivity index (χ2v) is 10.4. The zero-order chi connectivity index (χ0) is 21.8. The summed E-state index contributed by atoms with van der Waals surface area (Å²) in [5.74, 6) is 0. The lowest BCUT2D eigenvalue weighted by Gasteiger charge is -2.29. The average Bonchev–Trinajstić information content (AvgIpc) is 3.38. The molecule has 2 aromatic rings. The van der Waals surface area contributed by atoms with Gasteiger partial charge in [-0.15, -0.1) is 0 Å². The number of ether oxygens (including phenoxy) is 1. The largest absolute Gasteiger partial charge is 0.446 e. The van der Waals surface area contributed by atoms with Gasteiger partial charge >= 0.3 is 6.09 Å². The summed E-state index contributed by atoms with van der Waals surface area (Å²) in [5.41, 5.74) is 3.29. The predicted octanol–water partition coefficient (Wildman–Crippen LogP) is 3.97. The number of nitrogens with one attached hydrogen (secondary N) is 1. The number of hydrogen-bond donors (Lipinski definition) is 1. The Morgan fingerprint density at radius 3 is 2.45 bits per heavy atom. The van der Waals surface area contributed by atoms with Gasteiger partial charge in [0.2, 0.25) is 10.0 Å². The van der Waals surface area contributed by atoms with Gasteiger partial charge in [-0.1, -0.05) is 54.6 Å². The van der Waals surface area contributed by atoms with Gasteiger partial charge in [0, 0.05) is 12.6 Å². The molecular formula is C24H30N2O4S. The summed E-state index contributed by atoms with van der Waals surface area (Å²) in [6.07, 6.45) is 5.97. The van der Waals surface area contributed by atoms with Gasteiger partial charge in [0.25, 0.3) is 0 Å². The van der Waals surface area contributed by atoms with Crippen molar-refractivity contribution in [2.45, 2.75) is 56.7 Å². The Morgan fingerprint density at radius 2 is 1.74 bits per heavy atom. The first-order chi connectivity index (χ1) is 14.9. The molecule has 0 aromatic heterocycles.